The summed E-state index contributed by atoms with van der Waals surface area (Å²) in [5.41, 5.74) is 9.67. The molecule has 3 nitrogen and oxygen atoms in total. The minimum Gasteiger partial charge on any atom is -0.245 e. The van der Waals surface area contributed by atoms with Gasteiger partial charge in [-0.1, -0.05) is 97.4 Å². The molecule has 0 fully saturated rings. The summed E-state index contributed by atoms with van der Waals surface area (Å²) in [6.07, 6.45) is 1.69. The molecule has 6 rings (SSSR count). The lowest BCUT2D eigenvalue weighted by Crippen LogP contribution is -2.01. The second kappa shape index (κ2) is 9.35. The summed E-state index contributed by atoms with van der Waals surface area (Å²) in [5.74, 6) is 0.804. The van der Waals surface area contributed by atoms with E-state index in [0.717, 1.165) is 56.6 Å². The van der Waals surface area contributed by atoms with Crippen LogP contribution in [0.25, 0.3) is 44.3 Å². The Morgan fingerprint density at radius 3 is 2.19 bits per heavy atom. The molecule has 0 aliphatic rings. The molecular formula is C33H27N3. The molecule has 0 unspecified atom stereocenters. The molecule has 0 aliphatic heterocycles. The predicted octanol–water partition coefficient (Wildman–Crippen LogP) is 7.97. The molecule has 174 valence electrons. The third kappa shape index (κ3) is 4.25. The van der Waals surface area contributed by atoms with Crippen molar-refractivity contribution in [2.45, 2.75) is 26.7 Å². The number of hydrogen-bond donors (Lipinski definition) is 0. The van der Waals surface area contributed by atoms with Gasteiger partial charge in [0.25, 0.3) is 0 Å². The molecule has 0 spiro atoms. The molecule has 4 aromatic carbocycles. The lowest BCUT2D eigenvalue weighted by molar-refractivity contribution is 0.997. The molecular weight excluding hydrogens is 438 g/mol. The number of rotatable bonds is 5. The minimum atomic E-state index is 0.671. The van der Waals surface area contributed by atoms with Crippen LogP contribution in [0.5, 0.6) is 0 Å². The largest absolute Gasteiger partial charge is 0.245 e. The van der Waals surface area contributed by atoms with E-state index in [0.29, 0.717) is 6.42 Å². The van der Waals surface area contributed by atoms with Crippen molar-refractivity contribution < 1.29 is 0 Å². The van der Waals surface area contributed by atoms with E-state index in [1.807, 2.05) is 6.07 Å². The SMILES string of the molecule is CCc1ccc(-c2nc(Cc3ccccc3)nc3c2ccc2ccc(-c4cccc(C)c4)nc23)cc1. The van der Waals surface area contributed by atoms with E-state index in [4.69, 9.17) is 15.0 Å². The lowest BCUT2D eigenvalue weighted by atomic mass is 10.0. The zero-order valence-electron chi connectivity index (χ0n) is 20.6. The van der Waals surface area contributed by atoms with Gasteiger partial charge in [0.05, 0.1) is 16.9 Å². The second-order valence-electron chi connectivity index (χ2n) is 9.30. The van der Waals surface area contributed by atoms with E-state index in [1.54, 1.807) is 0 Å². The average Bonchev–Trinajstić information content (AvgIpc) is 2.93. The van der Waals surface area contributed by atoms with Crippen LogP contribution in [0.3, 0.4) is 0 Å². The maximum Gasteiger partial charge on any atom is 0.134 e. The number of fused-ring (bicyclic) bond motifs is 3. The Morgan fingerprint density at radius 2 is 1.42 bits per heavy atom. The molecule has 0 atom stereocenters. The van der Waals surface area contributed by atoms with Crippen molar-refractivity contribution in [2.24, 2.45) is 0 Å². The monoisotopic (exact) mass is 465 g/mol. The molecule has 6 aromatic rings. The Kier molecular flexibility index (Phi) is 5.74. The zero-order valence-corrected chi connectivity index (χ0v) is 20.6. The fourth-order valence-electron chi connectivity index (χ4n) is 4.76. The normalized spacial score (nSPS) is 11.3. The van der Waals surface area contributed by atoms with Crippen molar-refractivity contribution in [3.63, 3.8) is 0 Å². The zero-order chi connectivity index (χ0) is 24.5. The van der Waals surface area contributed by atoms with Crippen molar-refractivity contribution in [2.75, 3.05) is 0 Å². The average molecular weight is 466 g/mol. The first-order valence-electron chi connectivity index (χ1n) is 12.5. The summed E-state index contributed by atoms with van der Waals surface area (Å²) >= 11 is 0. The maximum absolute atomic E-state index is 5.13. The number of aromatic nitrogens is 3. The molecule has 0 amide bonds. The van der Waals surface area contributed by atoms with Crippen LogP contribution < -0.4 is 0 Å². The molecule has 0 N–H and O–H groups in total. The van der Waals surface area contributed by atoms with Gasteiger partial charge in [0.1, 0.15) is 11.3 Å². The van der Waals surface area contributed by atoms with Crippen LogP contribution in [0.2, 0.25) is 0 Å². The van der Waals surface area contributed by atoms with Crippen molar-refractivity contribution in [1.29, 1.82) is 0 Å². The van der Waals surface area contributed by atoms with Gasteiger partial charge < -0.3 is 0 Å². The van der Waals surface area contributed by atoms with E-state index in [2.05, 4.69) is 111 Å². The van der Waals surface area contributed by atoms with E-state index in [-0.39, 0.29) is 0 Å². The van der Waals surface area contributed by atoms with E-state index in [9.17, 15) is 0 Å². The second-order valence-corrected chi connectivity index (χ2v) is 9.30. The molecule has 2 heterocycles. The van der Waals surface area contributed by atoms with Gasteiger partial charge >= 0.3 is 0 Å². The highest BCUT2D eigenvalue weighted by atomic mass is 14.9. The van der Waals surface area contributed by atoms with Crippen LogP contribution in [0.1, 0.15) is 29.4 Å². The molecule has 0 saturated carbocycles. The molecule has 36 heavy (non-hydrogen) atoms. The first-order chi connectivity index (χ1) is 17.7. The minimum absolute atomic E-state index is 0.671. The van der Waals surface area contributed by atoms with Crippen LogP contribution in [-0.4, -0.2) is 15.0 Å². The van der Waals surface area contributed by atoms with Crippen LogP contribution in [0.15, 0.2) is 103 Å². The number of nitrogens with zero attached hydrogens (tertiary/aromatic N) is 3. The molecule has 0 bridgehead atoms. The first-order valence-corrected chi connectivity index (χ1v) is 12.5. The fraction of sp³-hybridized carbons (Fsp3) is 0.121. The first kappa shape index (κ1) is 22.1. The third-order valence-corrected chi connectivity index (χ3v) is 6.73. The van der Waals surface area contributed by atoms with Crippen LogP contribution in [-0.2, 0) is 12.8 Å². The van der Waals surface area contributed by atoms with Crippen molar-refractivity contribution >= 4 is 21.8 Å². The Labute approximate surface area is 211 Å². The van der Waals surface area contributed by atoms with Gasteiger partial charge in [-0.3, -0.25) is 0 Å². The number of pyridine rings is 1. The maximum atomic E-state index is 5.13. The lowest BCUT2D eigenvalue weighted by Gasteiger charge is -2.12. The van der Waals surface area contributed by atoms with Gasteiger partial charge in [0.15, 0.2) is 0 Å². The Morgan fingerprint density at radius 1 is 0.611 bits per heavy atom. The number of hydrogen-bond acceptors (Lipinski definition) is 3. The Balaban J connectivity index is 1.60. The molecule has 0 saturated heterocycles. The summed E-state index contributed by atoms with van der Waals surface area (Å²) < 4.78 is 0. The molecule has 3 heteroatoms. The standard InChI is InChI=1S/C33H27N3/c1-3-23-12-14-25(15-13-23)31-28-18-16-26-17-19-29(27-11-7-8-22(2)20-27)34-32(26)33(28)36-30(35-31)21-24-9-5-4-6-10-24/h4-20H,3,21H2,1-2H3. The van der Waals surface area contributed by atoms with Crippen molar-refractivity contribution in [1.82, 2.24) is 15.0 Å². The van der Waals surface area contributed by atoms with E-state index < -0.39 is 0 Å². The number of aryl methyl sites for hydroxylation is 2. The van der Waals surface area contributed by atoms with Gasteiger partial charge in [0, 0.05) is 28.3 Å². The molecule has 0 aliphatic carbocycles. The molecule has 2 aromatic heterocycles. The quantitative estimate of drug-likeness (QED) is 0.242. The summed E-state index contributed by atoms with van der Waals surface area (Å²) in [6, 6.07) is 36.1. The summed E-state index contributed by atoms with van der Waals surface area (Å²) in [5, 5.41) is 2.10. The van der Waals surface area contributed by atoms with E-state index in [1.165, 1.54) is 16.7 Å². The predicted molar refractivity (Wildman–Crippen MR) is 149 cm³/mol. The summed E-state index contributed by atoms with van der Waals surface area (Å²) in [4.78, 5) is 15.3. The molecule has 0 radical (unpaired) electrons. The van der Waals surface area contributed by atoms with Crippen LogP contribution in [0, 0.1) is 6.92 Å². The Bertz CT molecular complexity index is 1690. The van der Waals surface area contributed by atoms with Crippen molar-refractivity contribution in [3.05, 3.63) is 126 Å². The van der Waals surface area contributed by atoms with Crippen molar-refractivity contribution in [3.8, 4) is 22.5 Å². The van der Waals surface area contributed by atoms with E-state index >= 15 is 0 Å². The fourth-order valence-corrected chi connectivity index (χ4v) is 4.76. The highest BCUT2D eigenvalue weighted by molar-refractivity contribution is 6.07. The van der Waals surface area contributed by atoms with Crippen LogP contribution in [0.4, 0.5) is 0 Å². The van der Waals surface area contributed by atoms with Gasteiger partial charge in [-0.05, 0) is 42.7 Å². The highest BCUT2D eigenvalue weighted by Crippen LogP contribution is 2.32. The topological polar surface area (TPSA) is 38.7 Å². The van der Waals surface area contributed by atoms with Gasteiger partial charge in [-0.15, -0.1) is 0 Å². The summed E-state index contributed by atoms with van der Waals surface area (Å²) in [7, 11) is 0. The van der Waals surface area contributed by atoms with Gasteiger partial charge in [-0.25, -0.2) is 15.0 Å². The highest BCUT2D eigenvalue weighted by Gasteiger charge is 2.15. The third-order valence-electron chi connectivity index (χ3n) is 6.73. The van der Waals surface area contributed by atoms with Gasteiger partial charge in [-0.2, -0.15) is 0 Å². The van der Waals surface area contributed by atoms with Gasteiger partial charge in [0.2, 0.25) is 0 Å². The number of benzene rings is 4. The summed E-state index contributed by atoms with van der Waals surface area (Å²) in [6.45, 7) is 4.29. The van der Waals surface area contributed by atoms with Crippen LogP contribution >= 0.6 is 0 Å². The Hall–Kier alpha value is -4.37. The smallest absolute Gasteiger partial charge is 0.134 e.